The number of nitrogens with two attached hydrogens (primary N) is 1. The Bertz CT molecular complexity index is 542. The van der Waals surface area contributed by atoms with Crippen molar-refractivity contribution >= 4 is 17.6 Å². The van der Waals surface area contributed by atoms with Crippen LogP contribution in [-0.4, -0.2) is 30.3 Å². The van der Waals surface area contributed by atoms with E-state index in [4.69, 9.17) is 5.73 Å². The number of nitrogens with zero attached hydrogens (tertiary/aromatic N) is 4. The summed E-state index contributed by atoms with van der Waals surface area (Å²) in [6.07, 6.45) is 2.79. The zero-order valence-electron chi connectivity index (χ0n) is 9.46. The van der Waals surface area contributed by atoms with Crippen LogP contribution in [0.5, 0.6) is 0 Å². The van der Waals surface area contributed by atoms with Crippen LogP contribution in [0.25, 0.3) is 0 Å². The van der Waals surface area contributed by atoms with Gasteiger partial charge in [0.15, 0.2) is 5.16 Å². The van der Waals surface area contributed by atoms with Crippen LogP contribution in [0.1, 0.15) is 6.42 Å². The molecule has 92 valence electrons. The lowest BCUT2D eigenvalue weighted by Crippen LogP contribution is -2.13. The lowest BCUT2D eigenvalue weighted by molar-refractivity contribution is 0.608. The zero-order chi connectivity index (χ0) is 12.3. The SMILES string of the molecule is Cn1c(SCCCn2ccc(N)n2)n[nH]c1=O. The molecule has 0 saturated carbocycles. The fourth-order valence-corrected chi connectivity index (χ4v) is 2.20. The maximum atomic E-state index is 11.1. The Balaban J connectivity index is 1.77. The molecule has 0 bridgehead atoms. The van der Waals surface area contributed by atoms with E-state index >= 15 is 0 Å². The van der Waals surface area contributed by atoms with E-state index in [9.17, 15) is 4.79 Å². The molecule has 0 aliphatic rings. The molecule has 2 heterocycles. The smallest absolute Gasteiger partial charge is 0.343 e. The van der Waals surface area contributed by atoms with Gasteiger partial charge in [0.2, 0.25) is 0 Å². The highest BCUT2D eigenvalue weighted by molar-refractivity contribution is 7.99. The van der Waals surface area contributed by atoms with Crippen LogP contribution in [0.15, 0.2) is 22.2 Å². The van der Waals surface area contributed by atoms with E-state index in [1.807, 2.05) is 6.20 Å². The van der Waals surface area contributed by atoms with Crippen molar-refractivity contribution in [3.8, 4) is 0 Å². The van der Waals surface area contributed by atoms with Gasteiger partial charge < -0.3 is 5.73 Å². The molecule has 7 nitrogen and oxygen atoms in total. The normalized spacial score (nSPS) is 10.9. The van der Waals surface area contributed by atoms with Crippen molar-refractivity contribution in [3.05, 3.63) is 22.7 Å². The van der Waals surface area contributed by atoms with Gasteiger partial charge in [0, 0.05) is 25.5 Å². The van der Waals surface area contributed by atoms with Gasteiger partial charge in [-0.25, -0.2) is 9.89 Å². The first-order valence-corrected chi connectivity index (χ1v) is 6.18. The van der Waals surface area contributed by atoms with Gasteiger partial charge in [-0.1, -0.05) is 11.8 Å². The van der Waals surface area contributed by atoms with E-state index in [1.54, 1.807) is 29.6 Å². The summed E-state index contributed by atoms with van der Waals surface area (Å²) < 4.78 is 3.30. The van der Waals surface area contributed by atoms with Gasteiger partial charge in [-0.3, -0.25) is 9.25 Å². The Labute approximate surface area is 102 Å². The second-order valence-corrected chi connectivity index (χ2v) is 4.64. The van der Waals surface area contributed by atoms with E-state index < -0.39 is 0 Å². The number of aromatic amines is 1. The van der Waals surface area contributed by atoms with Crippen LogP contribution in [0.2, 0.25) is 0 Å². The summed E-state index contributed by atoms with van der Waals surface area (Å²) in [6.45, 7) is 0.808. The van der Waals surface area contributed by atoms with Gasteiger partial charge in [0.1, 0.15) is 5.82 Å². The van der Waals surface area contributed by atoms with Gasteiger partial charge >= 0.3 is 5.69 Å². The molecule has 0 aromatic carbocycles. The first kappa shape index (κ1) is 11.8. The fraction of sp³-hybridized carbons (Fsp3) is 0.444. The number of hydrogen-bond donors (Lipinski definition) is 2. The predicted molar refractivity (Wildman–Crippen MR) is 65.8 cm³/mol. The zero-order valence-corrected chi connectivity index (χ0v) is 10.3. The van der Waals surface area contributed by atoms with Gasteiger partial charge in [0.05, 0.1) is 0 Å². The minimum absolute atomic E-state index is 0.188. The molecule has 3 N–H and O–H groups in total. The van der Waals surface area contributed by atoms with E-state index in [1.165, 1.54) is 4.57 Å². The molecule has 2 rings (SSSR count). The van der Waals surface area contributed by atoms with E-state index in [-0.39, 0.29) is 5.69 Å². The largest absolute Gasteiger partial charge is 0.382 e. The van der Waals surface area contributed by atoms with Crippen LogP contribution in [0.4, 0.5) is 5.82 Å². The van der Waals surface area contributed by atoms with Gasteiger partial charge in [-0.15, -0.1) is 5.10 Å². The number of nitrogen functional groups attached to an aromatic ring is 1. The molecule has 8 heteroatoms. The molecule has 0 atom stereocenters. The summed E-state index contributed by atoms with van der Waals surface area (Å²) in [4.78, 5) is 11.1. The molecule has 2 aromatic rings. The highest BCUT2D eigenvalue weighted by Gasteiger charge is 2.04. The first-order chi connectivity index (χ1) is 8.16. The van der Waals surface area contributed by atoms with E-state index in [2.05, 4.69) is 15.3 Å². The van der Waals surface area contributed by atoms with Crippen molar-refractivity contribution in [2.24, 2.45) is 7.05 Å². The number of aromatic nitrogens is 5. The number of anilines is 1. The van der Waals surface area contributed by atoms with Crippen molar-refractivity contribution in [1.29, 1.82) is 0 Å². The third-order valence-corrected chi connectivity index (χ3v) is 3.38. The minimum Gasteiger partial charge on any atom is -0.382 e. The number of nitrogens with one attached hydrogen (secondary N) is 1. The quantitative estimate of drug-likeness (QED) is 0.581. The second-order valence-electron chi connectivity index (χ2n) is 3.58. The Hall–Kier alpha value is -1.70. The molecule has 0 aliphatic carbocycles. The Morgan fingerprint density at radius 1 is 1.59 bits per heavy atom. The first-order valence-electron chi connectivity index (χ1n) is 5.20. The molecule has 17 heavy (non-hydrogen) atoms. The molecule has 0 spiro atoms. The Kier molecular flexibility index (Phi) is 3.52. The molecular weight excluding hydrogens is 240 g/mol. The number of hydrogen-bond acceptors (Lipinski definition) is 5. The van der Waals surface area contributed by atoms with E-state index in [0.717, 1.165) is 18.7 Å². The van der Waals surface area contributed by atoms with Crippen LogP contribution in [-0.2, 0) is 13.6 Å². The summed E-state index contributed by atoms with van der Waals surface area (Å²) in [5, 5.41) is 11.1. The summed E-state index contributed by atoms with van der Waals surface area (Å²) in [5.74, 6) is 1.41. The van der Waals surface area contributed by atoms with Crippen LogP contribution in [0, 0.1) is 0 Å². The third kappa shape index (κ3) is 2.90. The lowest BCUT2D eigenvalue weighted by Gasteiger charge is -2.01. The summed E-state index contributed by atoms with van der Waals surface area (Å²) >= 11 is 1.54. The average Bonchev–Trinajstić information content (AvgIpc) is 2.84. The highest BCUT2D eigenvalue weighted by atomic mass is 32.2. The van der Waals surface area contributed by atoms with Gasteiger partial charge in [0.25, 0.3) is 0 Å². The molecule has 0 amide bonds. The number of aryl methyl sites for hydroxylation is 1. The highest BCUT2D eigenvalue weighted by Crippen LogP contribution is 2.13. The van der Waals surface area contributed by atoms with Crippen molar-refractivity contribution in [2.45, 2.75) is 18.1 Å². The van der Waals surface area contributed by atoms with Crippen molar-refractivity contribution in [2.75, 3.05) is 11.5 Å². The molecule has 0 unspecified atom stereocenters. The molecule has 0 radical (unpaired) electrons. The Morgan fingerprint density at radius 3 is 3.00 bits per heavy atom. The van der Waals surface area contributed by atoms with Crippen molar-refractivity contribution in [1.82, 2.24) is 24.5 Å². The fourth-order valence-electron chi connectivity index (χ4n) is 1.35. The van der Waals surface area contributed by atoms with Crippen LogP contribution in [0.3, 0.4) is 0 Å². The monoisotopic (exact) mass is 254 g/mol. The topological polar surface area (TPSA) is 94.5 Å². The Morgan fingerprint density at radius 2 is 2.41 bits per heavy atom. The summed E-state index contributed by atoms with van der Waals surface area (Å²) in [5.41, 5.74) is 5.32. The second kappa shape index (κ2) is 5.09. The standard InChI is InChI=1S/C9H14N6OS/c1-14-8(16)11-12-9(14)17-6-2-4-15-5-3-7(10)13-15/h3,5H,2,4,6H2,1H3,(H2,10,13)(H,11,16). The molecule has 0 aliphatic heterocycles. The third-order valence-electron chi connectivity index (χ3n) is 2.26. The van der Waals surface area contributed by atoms with Crippen LogP contribution < -0.4 is 11.4 Å². The van der Waals surface area contributed by atoms with Crippen LogP contribution >= 0.6 is 11.8 Å². The number of thioether (sulfide) groups is 1. The number of H-pyrrole nitrogens is 1. The molecule has 0 fully saturated rings. The van der Waals surface area contributed by atoms with Crippen molar-refractivity contribution < 1.29 is 0 Å². The lowest BCUT2D eigenvalue weighted by atomic mass is 10.5. The minimum atomic E-state index is -0.188. The van der Waals surface area contributed by atoms with E-state index in [0.29, 0.717) is 11.0 Å². The summed E-state index contributed by atoms with van der Waals surface area (Å²) in [6, 6.07) is 1.77. The summed E-state index contributed by atoms with van der Waals surface area (Å²) in [7, 11) is 1.70. The molecular formula is C9H14N6OS. The molecule has 2 aromatic heterocycles. The maximum Gasteiger partial charge on any atom is 0.343 e. The maximum absolute atomic E-state index is 11.1. The molecule has 0 saturated heterocycles. The average molecular weight is 254 g/mol. The number of rotatable bonds is 5. The van der Waals surface area contributed by atoms with Gasteiger partial charge in [-0.05, 0) is 12.5 Å². The predicted octanol–water partition coefficient (Wildman–Crippen LogP) is 0.0695. The van der Waals surface area contributed by atoms with Crippen molar-refractivity contribution in [3.63, 3.8) is 0 Å². The van der Waals surface area contributed by atoms with Gasteiger partial charge in [-0.2, -0.15) is 5.10 Å².